The van der Waals surface area contributed by atoms with Gasteiger partial charge in [0, 0.05) is 11.3 Å². The zero-order valence-electron chi connectivity index (χ0n) is 9.60. The molecule has 0 atom stereocenters. The summed E-state index contributed by atoms with van der Waals surface area (Å²) in [5.74, 6) is 1.62. The Balaban J connectivity index is 1.81. The van der Waals surface area contributed by atoms with Gasteiger partial charge in [-0.15, -0.1) is 0 Å². The lowest BCUT2D eigenvalue weighted by atomic mass is 10.1. The zero-order valence-corrected chi connectivity index (χ0v) is 11.2. The highest BCUT2D eigenvalue weighted by Gasteiger charge is 2.09. The first-order valence-corrected chi connectivity index (χ1v) is 7.38. The summed E-state index contributed by atoms with van der Waals surface area (Å²) < 4.78 is 1.08. The van der Waals surface area contributed by atoms with Gasteiger partial charge < -0.3 is 5.32 Å². The average Bonchev–Trinajstić information content (AvgIpc) is 2.82. The van der Waals surface area contributed by atoms with Crippen LogP contribution in [-0.4, -0.2) is 28.5 Å². The molecule has 0 aromatic heterocycles. The van der Waals surface area contributed by atoms with E-state index in [0.29, 0.717) is 11.4 Å². The number of hydrogen-bond donors (Lipinski definition) is 1. The summed E-state index contributed by atoms with van der Waals surface area (Å²) in [6, 6.07) is 7.60. The molecule has 2 rings (SSSR count). The highest BCUT2D eigenvalue weighted by atomic mass is 32.2. The van der Waals surface area contributed by atoms with E-state index in [-0.39, 0.29) is 5.91 Å². The largest absolute Gasteiger partial charge is 0.343 e. The standard InChI is InChI=1S/C12H14N2OS2/c1-9-3-2-4-10(7-9)11(15)14-8-17-12-13-5-6-16-12/h2-4,7H,5-6,8H2,1H3,(H,14,15). The zero-order chi connectivity index (χ0) is 12.1. The van der Waals surface area contributed by atoms with E-state index >= 15 is 0 Å². The lowest BCUT2D eigenvalue weighted by molar-refractivity contribution is 0.0961. The maximum Gasteiger partial charge on any atom is 0.251 e. The van der Waals surface area contributed by atoms with Crippen LogP contribution in [0.5, 0.6) is 0 Å². The molecule has 90 valence electrons. The van der Waals surface area contributed by atoms with Gasteiger partial charge in [0.15, 0.2) is 0 Å². The van der Waals surface area contributed by atoms with Crippen LogP contribution in [0.2, 0.25) is 0 Å². The SMILES string of the molecule is Cc1cccc(C(=O)NCSC2=NCCS2)c1. The molecule has 1 aromatic rings. The van der Waals surface area contributed by atoms with Gasteiger partial charge in [-0.3, -0.25) is 9.79 Å². The van der Waals surface area contributed by atoms with Crippen LogP contribution in [0.15, 0.2) is 29.3 Å². The molecule has 1 amide bonds. The summed E-state index contributed by atoms with van der Waals surface area (Å²) in [6.07, 6.45) is 0. The lowest BCUT2D eigenvalue weighted by Gasteiger charge is -2.05. The van der Waals surface area contributed by atoms with E-state index in [2.05, 4.69) is 10.3 Å². The van der Waals surface area contributed by atoms with Crippen molar-refractivity contribution in [3.05, 3.63) is 35.4 Å². The minimum atomic E-state index is -0.0233. The van der Waals surface area contributed by atoms with Crippen molar-refractivity contribution in [3.63, 3.8) is 0 Å². The van der Waals surface area contributed by atoms with Crippen molar-refractivity contribution in [2.45, 2.75) is 6.92 Å². The highest BCUT2D eigenvalue weighted by Crippen LogP contribution is 2.21. The first-order valence-electron chi connectivity index (χ1n) is 5.40. The third-order valence-electron chi connectivity index (χ3n) is 2.27. The molecule has 0 radical (unpaired) electrons. The molecule has 1 aliphatic heterocycles. The van der Waals surface area contributed by atoms with Crippen LogP contribution in [0.4, 0.5) is 0 Å². The van der Waals surface area contributed by atoms with Gasteiger partial charge in [0.1, 0.15) is 4.38 Å². The number of thioether (sulfide) groups is 2. The van der Waals surface area contributed by atoms with E-state index in [4.69, 9.17) is 0 Å². The Labute approximate surface area is 109 Å². The normalized spacial score (nSPS) is 14.5. The molecular formula is C12H14N2OS2. The first-order chi connectivity index (χ1) is 8.25. The smallest absolute Gasteiger partial charge is 0.251 e. The van der Waals surface area contributed by atoms with Gasteiger partial charge in [0.05, 0.1) is 12.4 Å². The third kappa shape index (κ3) is 3.78. The van der Waals surface area contributed by atoms with Crippen molar-refractivity contribution >= 4 is 33.8 Å². The van der Waals surface area contributed by atoms with Gasteiger partial charge in [-0.05, 0) is 19.1 Å². The summed E-state index contributed by atoms with van der Waals surface area (Å²) in [5.41, 5.74) is 1.81. The third-order valence-corrected chi connectivity index (χ3v) is 4.40. The molecule has 1 aromatic carbocycles. The topological polar surface area (TPSA) is 41.5 Å². The number of nitrogens with zero attached hydrogens (tertiary/aromatic N) is 1. The molecule has 1 heterocycles. The van der Waals surface area contributed by atoms with Gasteiger partial charge in [0.2, 0.25) is 0 Å². The maximum atomic E-state index is 11.8. The van der Waals surface area contributed by atoms with Crippen molar-refractivity contribution in [1.29, 1.82) is 0 Å². The van der Waals surface area contributed by atoms with Gasteiger partial charge in [-0.1, -0.05) is 41.2 Å². The van der Waals surface area contributed by atoms with Crippen molar-refractivity contribution < 1.29 is 4.79 Å². The minimum Gasteiger partial charge on any atom is -0.343 e. The van der Waals surface area contributed by atoms with Gasteiger partial charge in [0.25, 0.3) is 5.91 Å². The minimum absolute atomic E-state index is 0.0233. The molecule has 5 heteroatoms. The highest BCUT2D eigenvalue weighted by molar-refractivity contribution is 8.39. The monoisotopic (exact) mass is 266 g/mol. The van der Waals surface area contributed by atoms with Crippen molar-refractivity contribution in [2.24, 2.45) is 4.99 Å². The van der Waals surface area contributed by atoms with Crippen LogP contribution in [-0.2, 0) is 0 Å². The van der Waals surface area contributed by atoms with E-state index in [1.807, 2.05) is 31.2 Å². The summed E-state index contributed by atoms with van der Waals surface area (Å²) in [6.45, 7) is 2.88. The van der Waals surface area contributed by atoms with Crippen LogP contribution in [0.1, 0.15) is 15.9 Å². The molecule has 1 aliphatic rings. The van der Waals surface area contributed by atoms with Crippen molar-refractivity contribution in [3.8, 4) is 0 Å². The molecule has 0 bridgehead atoms. The predicted octanol–water partition coefficient (Wildman–Crippen LogP) is 2.52. The summed E-state index contributed by atoms with van der Waals surface area (Å²) in [4.78, 5) is 16.1. The van der Waals surface area contributed by atoms with Crippen LogP contribution < -0.4 is 5.32 Å². The Morgan fingerprint density at radius 3 is 3.18 bits per heavy atom. The van der Waals surface area contributed by atoms with Crippen LogP contribution >= 0.6 is 23.5 Å². The van der Waals surface area contributed by atoms with Gasteiger partial charge in [-0.25, -0.2) is 0 Å². The maximum absolute atomic E-state index is 11.8. The number of aryl methyl sites for hydroxylation is 1. The predicted molar refractivity (Wildman–Crippen MR) is 75.9 cm³/mol. The number of carbonyl (C=O) groups excluding carboxylic acids is 1. The summed E-state index contributed by atoms with van der Waals surface area (Å²) >= 11 is 3.35. The molecule has 0 saturated carbocycles. The number of aliphatic imine (C=N–C) groups is 1. The number of rotatable bonds is 3. The van der Waals surface area contributed by atoms with Gasteiger partial charge in [-0.2, -0.15) is 0 Å². The van der Waals surface area contributed by atoms with E-state index in [9.17, 15) is 4.79 Å². The fourth-order valence-corrected chi connectivity index (χ4v) is 3.26. The molecule has 0 aliphatic carbocycles. The molecule has 0 fully saturated rings. The van der Waals surface area contributed by atoms with E-state index in [0.717, 1.165) is 22.2 Å². The summed E-state index contributed by atoms with van der Waals surface area (Å²) in [5, 5.41) is 2.88. The number of amides is 1. The average molecular weight is 266 g/mol. The molecular weight excluding hydrogens is 252 g/mol. The number of carbonyl (C=O) groups is 1. The second-order valence-electron chi connectivity index (χ2n) is 3.66. The molecule has 1 N–H and O–H groups in total. The molecule has 17 heavy (non-hydrogen) atoms. The number of hydrogen-bond acceptors (Lipinski definition) is 4. The second-order valence-corrected chi connectivity index (χ2v) is 5.97. The number of benzene rings is 1. The van der Waals surface area contributed by atoms with Crippen molar-refractivity contribution in [1.82, 2.24) is 5.32 Å². The fraction of sp³-hybridized carbons (Fsp3) is 0.333. The Hall–Kier alpha value is -0.940. The van der Waals surface area contributed by atoms with E-state index < -0.39 is 0 Å². The Morgan fingerprint density at radius 1 is 1.59 bits per heavy atom. The quantitative estimate of drug-likeness (QED) is 0.855. The Kier molecular flexibility index (Phi) is 4.50. The van der Waals surface area contributed by atoms with Crippen LogP contribution in [0.3, 0.4) is 0 Å². The summed E-state index contributed by atoms with van der Waals surface area (Å²) in [7, 11) is 0. The molecule has 0 unspecified atom stereocenters. The Morgan fingerprint density at radius 2 is 2.47 bits per heavy atom. The fourth-order valence-electron chi connectivity index (χ4n) is 1.45. The van der Waals surface area contributed by atoms with Gasteiger partial charge >= 0.3 is 0 Å². The molecule has 0 saturated heterocycles. The van der Waals surface area contributed by atoms with Crippen molar-refractivity contribution in [2.75, 3.05) is 18.2 Å². The lowest BCUT2D eigenvalue weighted by Crippen LogP contribution is -2.23. The van der Waals surface area contributed by atoms with E-state index in [1.54, 1.807) is 23.5 Å². The molecule has 3 nitrogen and oxygen atoms in total. The Bertz CT molecular complexity index is 446. The molecule has 0 spiro atoms. The van der Waals surface area contributed by atoms with Crippen LogP contribution in [0.25, 0.3) is 0 Å². The van der Waals surface area contributed by atoms with Crippen LogP contribution in [0, 0.1) is 6.92 Å². The second kappa shape index (κ2) is 6.12. The van der Waals surface area contributed by atoms with E-state index in [1.165, 1.54) is 0 Å². The first kappa shape index (κ1) is 12.5. The number of nitrogens with one attached hydrogen (secondary N) is 1.